The zero-order valence-electron chi connectivity index (χ0n) is 10.2. The molecule has 2 rings (SSSR count). The molecule has 17 heavy (non-hydrogen) atoms. The van der Waals surface area contributed by atoms with Crippen molar-refractivity contribution in [2.45, 2.75) is 27.2 Å². The SMILES string of the molecule is CCc1[nH]n(-c2ccc(C)c(Cl)c2)c(=O)c1C. The number of nitrogens with one attached hydrogen (secondary N) is 1. The molecule has 0 aliphatic heterocycles. The molecule has 0 fully saturated rings. The molecule has 1 aromatic heterocycles. The topological polar surface area (TPSA) is 37.8 Å². The summed E-state index contributed by atoms with van der Waals surface area (Å²) < 4.78 is 1.54. The Bertz CT molecular complexity index is 610. The molecule has 0 saturated carbocycles. The minimum Gasteiger partial charge on any atom is -0.295 e. The lowest BCUT2D eigenvalue weighted by Gasteiger charge is -2.04. The standard InChI is InChI=1S/C13H15ClN2O/c1-4-12-9(3)13(17)16(15-12)10-6-5-8(2)11(14)7-10/h5-7,15H,4H2,1-3H3. The molecule has 0 unspecified atom stereocenters. The number of hydrogen-bond acceptors (Lipinski definition) is 1. The lowest BCUT2D eigenvalue weighted by atomic mass is 10.2. The molecule has 0 amide bonds. The van der Waals surface area contributed by atoms with Crippen LogP contribution in [0.5, 0.6) is 0 Å². The molecule has 0 bridgehead atoms. The highest BCUT2D eigenvalue weighted by Gasteiger charge is 2.10. The van der Waals surface area contributed by atoms with Crippen LogP contribution in [0.3, 0.4) is 0 Å². The normalized spacial score (nSPS) is 10.8. The summed E-state index contributed by atoms with van der Waals surface area (Å²) in [5, 5.41) is 3.77. The van der Waals surface area contributed by atoms with E-state index in [4.69, 9.17) is 11.6 Å². The Morgan fingerprint density at radius 2 is 2.06 bits per heavy atom. The average molecular weight is 251 g/mol. The van der Waals surface area contributed by atoms with E-state index in [9.17, 15) is 4.79 Å². The van der Waals surface area contributed by atoms with E-state index in [0.717, 1.165) is 28.9 Å². The summed E-state index contributed by atoms with van der Waals surface area (Å²) in [5.74, 6) is 0. The number of halogens is 1. The van der Waals surface area contributed by atoms with Gasteiger partial charge in [0.25, 0.3) is 5.56 Å². The van der Waals surface area contributed by atoms with Crippen molar-refractivity contribution in [1.82, 2.24) is 9.78 Å². The third-order valence-electron chi connectivity index (χ3n) is 2.99. The monoisotopic (exact) mass is 250 g/mol. The fourth-order valence-corrected chi connectivity index (χ4v) is 1.99. The van der Waals surface area contributed by atoms with Gasteiger partial charge in [-0.25, -0.2) is 4.68 Å². The number of aryl methyl sites for hydroxylation is 2. The molecular formula is C13H15ClN2O. The molecular weight excluding hydrogens is 236 g/mol. The minimum absolute atomic E-state index is 0.0123. The van der Waals surface area contributed by atoms with E-state index >= 15 is 0 Å². The van der Waals surface area contributed by atoms with Gasteiger partial charge in [0, 0.05) is 16.3 Å². The van der Waals surface area contributed by atoms with Crippen LogP contribution in [0.15, 0.2) is 23.0 Å². The molecule has 0 atom stereocenters. The van der Waals surface area contributed by atoms with Crippen LogP contribution >= 0.6 is 11.6 Å². The van der Waals surface area contributed by atoms with Crippen molar-refractivity contribution in [3.05, 3.63) is 50.4 Å². The van der Waals surface area contributed by atoms with E-state index in [1.807, 2.05) is 32.9 Å². The first-order valence-electron chi connectivity index (χ1n) is 5.61. The second-order valence-corrected chi connectivity index (χ2v) is 4.55. The van der Waals surface area contributed by atoms with Crippen LogP contribution in [0.1, 0.15) is 23.7 Å². The Kier molecular flexibility index (Phi) is 3.11. The summed E-state index contributed by atoms with van der Waals surface area (Å²) in [6.45, 7) is 5.79. The van der Waals surface area contributed by atoms with E-state index in [1.165, 1.54) is 0 Å². The van der Waals surface area contributed by atoms with Crippen molar-refractivity contribution in [2.75, 3.05) is 0 Å². The predicted octanol–water partition coefficient (Wildman–Crippen LogP) is 3.00. The number of nitrogens with zero attached hydrogens (tertiary/aromatic N) is 1. The molecule has 2 aromatic rings. The van der Waals surface area contributed by atoms with Crippen molar-refractivity contribution < 1.29 is 0 Å². The summed E-state index contributed by atoms with van der Waals surface area (Å²) >= 11 is 6.07. The van der Waals surface area contributed by atoms with E-state index in [0.29, 0.717) is 5.02 Å². The van der Waals surface area contributed by atoms with E-state index in [2.05, 4.69) is 5.10 Å². The van der Waals surface area contributed by atoms with E-state index < -0.39 is 0 Å². The van der Waals surface area contributed by atoms with Gasteiger partial charge in [0.05, 0.1) is 5.69 Å². The Labute approximate surface area is 105 Å². The number of rotatable bonds is 2. The zero-order valence-corrected chi connectivity index (χ0v) is 10.9. The van der Waals surface area contributed by atoms with Gasteiger partial charge in [0.15, 0.2) is 0 Å². The average Bonchev–Trinajstić information content (AvgIpc) is 2.60. The fraction of sp³-hybridized carbons (Fsp3) is 0.308. The van der Waals surface area contributed by atoms with Gasteiger partial charge in [-0.15, -0.1) is 0 Å². The highest BCUT2D eigenvalue weighted by atomic mass is 35.5. The molecule has 0 radical (unpaired) electrons. The highest BCUT2D eigenvalue weighted by molar-refractivity contribution is 6.31. The van der Waals surface area contributed by atoms with E-state index in [1.54, 1.807) is 10.7 Å². The van der Waals surface area contributed by atoms with Crippen LogP contribution in [0, 0.1) is 13.8 Å². The second kappa shape index (κ2) is 4.41. The molecule has 0 aliphatic rings. The summed E-state index contributed by atoms with van der Waals surface area (Å²) in [4.78, 5) is 12.0. The second-order valence-electron chi connectivity index (χ2n) is 4.14. The Balaban J connectivity index is 2.61. The van der Waals surface area contributed by atoms with E-state index in [-0.39, 0.29) is 5.56 Å². The molecule has 1 heterocycles. The quantitative estimate of drug-likeness (QED) is 0.874. The van der Waals surface area contributed by atoms with Crippen molar-refractivity contribution in [1.29, 1.82) is 0 Å². The molecule has 1 aromatic carbocycles. The third-order valence-corrected chi connectivity index (χ3v) is 3.40. The van der Waals surface area contributed by atoms with Gasteiger partial charge in [0.1, 0.15) is 0 Å². The van der Waals surface area contributed by atoms with Gasteiger partial charge in [-0.1, -0.05) is 24.6 Å². The van der Waals surface area contributed by atoms with Gasteiger partial charge in [-0.3, -0.25) is 9.89 Å². The summed E-state index contributed by atoms with van der Waals surface area (Å²) in [6, 6.07) is 5.59. The maximum atomic E-state index is 12.0. The van der Waals surface area contributed by atoms with Crippen LogP contribution in [-0.4, -0.2) is 9.78 Å². The van der Waals surface area contributed by atoms with Crippen LogP contribution < -0.4 is 5.56 Å². The van der Waals surface area contributed by atoms with Gasteiger partial charge < -0.3 is 0 Å². The van der Waals surface area contributed by atoms with Crippen LogP contribution in [-0.2, 0) is 6.42 Å². The van der Waals surface area contributed by atoms with Crippen LogP contribution in [0.25, 0.3) is 5.69 Å². The van der Waals surface area contributed by atoms with Gasteiger partial charge in [0.2, 0.25) is 0 Å². The maximum absolute atomic E-state index is 12.0. The summed E-state index contributed by atoms with van der Waals surface area (Å²) in [7, 11) is 0. The highest BCUT2D eigenvalue weighted by Crippen LogP contribution is 2.18. The Morgan fingerprint density at radius 3 is 2.59 bits per heavy atom. The Morgan fingerprint density at radius 1 is 1.35 bits per heavy atom. The lowest BCUT2D eigenvalue weighted by Crippen LogP contribution is -2.15. The number of benzene rings is 1. The van der Waals surface area contributed by atoms with Crippen LogP contribution in [0.4, 0.5) is 0 Å². The summed E-state index contributed by atoms with van der Waals surface area (Å²) in [6.07, 6.45) is 0.813. The molecule has 0 spiro atoms. The first kappa shape index (κ1) is 12.0. The third kappa shape index (κ3) is 2.03. The zero-order chi connectivity index (χ0) is 12.6. The largest absolute Gasteiger partial charge is 0.295 e. The van der Waals surface area contributed by atoms with Crippen molar-refractivity contribution in [3.63, 3.8) is 0 Å². The molecule has 4 heteroatoms. The number of aromatic nitrogens is 2. The fourth-order valence-electron chi connectivity index (χ4n) is 1.81. The predicted molar refractivity (Wildman–Crippen MR) is 70.3 cm³/mol. The smallest absolute Gasteiger partial charge is 0.274 e. The van der Waals surface area contributed by atoms with Crippen molar-refractivity contribution in [2.24, 2.45) is 0 Å². The van der Waals surface area contributed by atoms with Crippen LogP contribution in [0.2, 0.25) is 5.02 Å². The number of aromatic amines is 1. The van der Waals surface area contributed by atoms with Crippen molar-refractivity contribution >= 4 is 11.6 Å². The minimum atomic E-state index is -0.0123. The first-order chi connectivity index (χ1) is 8.04. The lowest BCUT2D eigenvalue weighted by molar-refractivity contribution is 0.819. The molecule has 0 saturated heterocycles. The van der Waals surface area contributed by atoms with Gasteiger partial charge in [-0.2, -0.15) is 0 Å². The molecule has 3 nitrogen and oxygen atoms in total. The van der Waals surface area contributed by atoms with Crippen molar-refractivity contribution in [3.8, 4) is 5.69 Å². The molecule has 90 valence electrons. The molecule has 0 aliphatic carbocycles. The first-order valence-corrected chi connectivity index (χ1v) is 5.99. The number of hydrogen-bond donors (Lipinski definition) is 1. The summed E-state index contributed by atoms with van der Waals surface area (Å²) in [5.41, 5.74) is 3.49. The number of H-pyrrole nitrogens is 1. The van der Waals surface area contributed by atoms with Gasteiger partial charge >= 0.3 is 0 Å². The Hall–Kier alpha value is -1.48. The van der Waals surface area contributed by atoms with Gasteiger partial charge in [-0.05, 0) is 38.0 Å². The maximum Gasteiger partial charge on any atom is 0.274 e. The molecule has 1 N–H and O–H groups in total.